The van der Waals surface area contributed by atoms with Crippen LogP contribution in [0.5, 0.6) is 11.5 Å². The highest BCUT2D eigenvalue weighted by Crippen LogP contribution is 2.32. The Morgan fingerprint density at radius 2 is 1.85 bits per heavy atom. The van der Waals surface area contributed by atoms with Gasteiger partial charge in [-0.15, -0.1) is 0 Å². The summed E-state index contributed by atoms with van der Waals surface area (Å²) in [6.07, 6.45) is 0. The van der Waals surface area contributed by atoms with Crippen LogP contribution in [0.3, 0.4) is 0 Å². The predicted octanol–water partition coefficient (Wildman–Crippen LogP) is 3.27. The summed E-state index contributed by atoms with van der Waals surface area (Å²) in [4.78, 5) is 15.0. The van der Waals surface area contributed by atoms with Gasteiger partial charge in [0, 0.05) is 17.0 Å². The van der Waals surface area contributed by atoms with Crippen LogP contribution in [0.4, 0.5) is 0 Å². The molecule has 4 nitrogen and oxygen atoms in total. The Kier molecular flexibility index (Phi) is 3.20. The Balaban J connectivity index is 2.27. The third-order valence-corrected chi connectivity index (χ3v) is 3.86. The average molecular weight is 287 g/mol. The number of benzene rings is 1. The highest BCUT2D eigenvalue weighted by molar-refractivity contribution is 7.08. The van der Waals surface area contributed by atoms with Crippen LogP contribution in [-0.4, -0.2) is 19.2 Å². The van der Waals surface area contributed by atoms with Gasteiger partial charge in [0.05, 0.1) is 19.7 Å². The molecule has 1 N–H and O–H groups in total. The number of aromatic amines is 1. The van der Waals surface area contributed by atoms with E-state index in [-0.39, 0.29) is 5.56 Å². The van der Waals surface area contributed by atoms with Crippen LogP contribution in [-0.2, 0) is 0 Å². The van der Waals surface area contributed by atoms with Crippen LogP contribution < -0.4 is 15.0 Å². The smallest absolute Gasteiger partial charge is 0.256 e. The minimum absolute atomic E-state index is 0.108. The lowest BCUT2D eigenvalue weighted by Gasteiger charge is -2.09. The van der Waals surface area contributed by atoms with E-state index in [0.29, 0.717) is 17.1 Å². The lowest BCUT2D eigenvalue weighted by atomic mass is 10.1. The van der Waals surface area contributed by atoms with Gasteiger partial charge in [-0.05, 0) is 34.5 Å². The molecule has 0 aliphatic carbocycles. The molecule has 0 fully saturated rings. The van der Waals surface area contributed by atoms with E-state index in [0.717, 1.165) is 16.5 Å². The highest BCUT2D eigenvalue weighted by atomic mass is 32.1. The molecule has 3 aromatic rings. The fraction of sp³-hybridized carbons (Fsp3) is 0.133. The summed E-state index contributed by atoms with van der Waals surface area (Å²) in [6, 6.07) is 7.44. The minimum Gasteiger partial charge on any atom is -0.493 e. The zero-order valence-corrected chi connectivity index (χ0v) is 11.9. The maximum absolute atomic E-state index is 12.2. The van der Waals surface area contributed by atoms with Gasteiger partial charge in [0.1, 0.15) is 0 Å². The number of fused-ring (bicyclic) bond motifs is 1. The van der Waals surface area contributed by atoms with Crippen molar-refractivity contribution in [3.05, 3.63) is 45.4 Å². The molecular weight excluding hydrogens is 274 g/mol. The molecule has 0 bridgehead atoms. The van der Waals surface area contributed by atoms with E-state index in [1.807, 2.05) is 29.0 Å². The molecule has 0 amide bonds. The van der Waals surface area contributed by atoms with Gasteiger partial charge in [0.25, 0.3) is 5.56 Å². The van der Waals surface area contributed by atoms with Gasteiger partial charge in [-0.2, -0.15) is 11.3 Å². The van der Waals surface area contributed by atoms with E-state index in [4.69, 9.17) is 9.47 Å². The quantitative estimate of drug-likeness (QED) is 0.804. The van der Waals surface area contributed by atoms with Crippen molar-refractivity contribution in [1.29, 1.82) is 0 Å². The van der Waals surface area contributed by atoms with Crippen LogP contribution in [0.25, 0.3) is 22.0 Å². The summed E-state index contributed by atoms with van der Waals surface area (Å²) < 4.78 is 10.5. The number of nitrogens with one attached hydrogen (secondary N) is 1. The summed E-state index contributed by atoms with van der Waals surface area (Å²) in [7, 11) is 3.16. The first-order chi connectivity index (χ1) is 9.72. The number of pyridine rings is 1. The second-order valence-electron chi connectivity index (χ2n) is 4.32. The van der Waals surface area contributed by atoms with Gasteiger partial charge in [0.15, 0.2) is 11.5 Å². The largest absolute Gasteiger partial charge is 0.493 e. The molecule has 1 aromatic carbocycles. The van der Waals surface area contributed by atoms with Gasteiger partial charge in [-0.3, -0.25) is 4.79 Å². The molecule has 0 aliphatic heterocycles. The molecule has 102 valence electrons. The highest BCUT2D eigenvalue weighted by Gasteiger charge is 2.10. The van der Waals surface area contributed by atoms with Crippen molar-refractivity contribution in [2.45, 2.75) is 0 Å². The fourth-order valence-electron chi connectivity index (χ4n) is 2.17. The van der Waals surface area contributed by atoms with E-state index in [2.05, 4.69) is 4.98 Å². The third kappa shape index (κ3) is 2.06. The van der Waals surface area contributed by atoms with E-state index in [9.17, 15) is 4.79 Å². The van der Waals surface area contributed by atoms with Crippen molar-refractivity contribution in [2.24, 2.45) is 0 Å². The SMILES string of the molecule is COc1cc2cc(-c3ccsc3)c(=O)[nH]c2cc1OC. The molecule has 0 spiro atoms. The Labute approximate surface area is 119 Å². The minimum atomic E-state index is -0.108. The standard InChI is InChI=1S/C15H13NO3S/c1-18-13-6-10-5-11(9-3-4-20-8-9)15(17)16-12(10)7-14(13)19-2/h3-8H,1-2H3,(H,16,17). The van der Waals surface area contributed by atoms with Crippen LogP contribution >= 0.6 is 11.3 Å². The summed E-state index contributed by atoms with van der Waals surface area (Å²) in [5, 5.41) is 4.81. The first kappa shape index (κ1) is 12.7. The topological polar surface area (TPSA) is 51.3 Å². The van der Waals surface area contributed by atoms with Crippen molar-refractivity contribution >= 4 is 22.2 Å². The van der Waals surface area contributed by atoms with E-state index < -0.39 is 0 Å². The van der Waals surface area contributed by atoms with E-state index in [1.165, 1.54) is 0 Å². The maximum Gasteiger partial charge on any atom is 0.256 e. The van der Waals surface area contributed by atoms with Crippen LogP contribution in [0.15, 0.2) is 39.8 Å². The van der Waals surface area contributed by atoms with E-state index >= 15 is 0 Å². The molecule has 3 rings (SSSR count). The molecular formula is C15H13NO3S. The number of thiophene rings is 1. The third-order valence-electron chi connectivity index (χ3n) is 3.18. The average Bonchev–Trinajstić information content (AvgIpc) is 2.99. The molecule has 0 atom stereocenters. The zero-order chi connectivity index (χ0) is 14.1. The van der Waals surface area contributed by atoms with Gasteiger partial charge >= 0.3 is 0 Å². The van der Waals surface area contributed by atoms with Crippen LogP contribution in [0.2, 0.25) is 0 Å². The lowest BCUT2D eigenvalue weighted by Crippen LogP contribution is -2.08. The summed E-state index contributed by atoms with van der Waals surface area (Å²) in [5.41, 5.74) is 2.20. The number of methoxy groups -OCH3 is 2. The normalized spacial score (nSPS) is 10.7. The Bertz CT molecular complexity index is 806. The second kappa shape index (κ2) is 5.02. The molecule has 0 saturated carbocycles. The molecule has 0 radical (unpaired) electrons. The number of rotatable bonds is 3. The van der Waals surface area contributed by atoms with Gasteiger partial charge < -0.3 is 14.5 Å². The molecule has 2 heterocycles. The first-order valence-corrected chi connectivity index (χ1v) is 6.99. The maximum atomic E-state index is 12.2. The molecule has 2 aromatic heterocycles. The summed E-state index contributed by atoms with van der Waals surface area (Å²) in [6.45, 7) is 0. The van der Waals surface area contributed by atoms with Crippen molar-refractivity contribution < 1.29 is 9.47 Å². The first-order valence-electron chi connectivity index (χ1n) is 6.04. The number of H-pyrrole nitrogens is 1. The van der Waals surface area contributed by atoms with Crippen LogP contribution in [0.1, 0.15) is 0 Å². The lowest BCUT2D eigenvalue weighted by molar-refractivity contribution is 0.356. The van der Waals surface area contributed by atoms with Crippen molar-refractivity contribution in [3.63, 3.8) is 0 Å². The molecule has 0 saturated heterocycles. The van der Waals surface area contributed by atoms with Gasteiger partial charge in [0.2, 0.25) is 0 Å². The molecule has 20 heavy (non-hydrogen) atoms. The number of ether oxygens (including phenoxy) is 2. The Hall–Kier alpha value is -2.27. The fourth-order valence-corrected chi connectivity index (χ4v) is 2.82. The Morgan fingerprint density at radius 1 is 1.10 bits per heavy atom. The van der Waals surface area contributed by atoms with Gasteiger partial charge in [-0.25, -0.2) is 0 Å². The monoisotopic (exact) mass is 287 g/mol. The Morgan fingerprint density at radius 3 is 2.50 bits per heavy atom. The van der Waals surface area contributed by atoms with Crippen LogP contribution in [0, 0.1) is 0 Å². The number of aromatic nitrogens is 1. The molecule has 0 aliphatic rings. The predicted molar refractivity (Wildman–Crippen MR) is 81.0 cm³/mol. The number of hydrogen-bond donors (Lipinski definition) is 1. The van der Waals surface area contributed by atoms with Crippen molar-refractivity contribution in [2.75, 3.05) is 14.2 Å². The van der Waals surface area contributed by atoms with Gasteiger partial charge in [-0.1, -0.05) is 0 Å². The second-order valence-corrected chi connectivity index (χ2v) is 5.10. The molecule has 0 unspecified atom stereocenters. The van der Waals surface area contributed by atoms with Crippen molar-refractivity contribution in [1.82, 2.24) is 4.98 Å². The molecule has 5 heteroatoms. The van der Waals surface area contributed by atoms with E-state index in [1.54, 1.807) is 31.6 Å². The zero-order valence-electron chi connectivity index (χ0n) is 11.1. The van der Waals surface area contributed by atoms with Crippen molar-refractivity contribution in [3.8, 4) is 22.6 Å². The summed E-state index contributed by atoms with van der Waals surface area (Å²) >= 11 is 1.56. The number of hydrogen-bond acceptors (Lipinski definition) is 4. The summed E-state index contributed by atoms with van der Waals surface area (Å²) in [5.74, 6) is 1.24.